The fourth-order valence-electron chi connectivity index (χ4n) is 4.10. The van der Waals surface area contributed by atoms with Crippen LogP contribution in [0.5, 0.6) is 5.75 Å². The Labute approximate surface area is 202 Å². The average molecular weight is 558 g/mol. The molecule has 1 heterocycles. The summed E-state index contributed by atoms with van der Waals surface area (Å²) in [5.41, 5.74) is 0.422. The highest BCUT2D eigenvalue weighted by molar-refractivity contribution is 14.1. The average Bonchev–Trinajstić information content (AvgIpc) is 3.31. The van der Waals surface area contributed by atoms with Crippen LogP contribution in [-0.2, 0) is 14.3 Å². The SMILES string of the molecule is CCC(=O)N(C[C@H]1CCCO1)[C@@H]1CC(C(=O)NCCO)=C[C@H](Oc2ccccc2I)[C@H]1O. The van der Waals surface area contributed by atoms with E-state index in [0.29, 0.717) is 24.5 Å². The summed E-state index contributed by atoms with van der Waals surface area (Å²) in [6, 6.07) is 6.80. The number of ether oxygens (including phenoxy) is 2. The number of carbonyl (C=O) groups excluding carboxylic acids is 2. The molecule has 2 amide bonds. The van der Waals surface area contributed by atoms with Crippen LogP contribution < -0.4 is 10.1 Å². The van der Waals surface area contributed by atoms with Crippen molar-refractivity contribution in [2.45, 2.75) is 57.0 Å². The number of nitrogens with zero attached hydrogens (tertiary/aromatic N) is 1. The molecular formula is C23H31IN2O6. The Bertz CT molecular complexity index is 826. The molecule has 1 aromatic carbocycles. The first kappa shape index (κ1) is 24.9. The fraction of sp³-hybridized carbons (Fsp3) is 0.565. The minimum absolute atomic E-state index is 0.0790. The van der Waals surface area contributed by atoms with Crippen LogP contribution in [0.3, 0.4) is 0 Å². The van der Waals surface area contributed by atoms with Gasteiger partial charge in [-0.2, -0.15) is 0 Å². The number of carbonyl (C=O) groups is 2. The lowest BCUT2D eigenvalue weighted by molar-refractivity contribution is -0.140. The summed E-state index contributed by atoms with van der Waals surface area (Å²) in [6.45, 7) is 2.77. The minimum Gasteiger partial charge on any atom is -0.482 e. The van der Waals surface area contributed by atoms with E-state index in [9.17, 15) is 14.7 Å². The zero-order chi connectivity index (χ0) is 23.1. The van der Waals surface area contributed by atoms with E-state index in [1.165, 1.54) is 0 Å². The molecule has 3 N–H and O–H groups in total. The van der Waals surface area contributed by atoms with Gasteiger partial charge in [0, 0.05) is 38.1 Å². The quantitative estimate of drug-likeness (QED) is 0.398. The van der Waals surface area contributed by atoms with Crippen LogP contribution in [0.2, 0.25) is 0 Å². The van der Waals surface area contributed by atoms with Gasteiger partial charge in [-0.15, -0.1) is 0 Å². The molecule has 1 fully saturated rings. The Kier molecular flexibility index (Phi) is 9.33. The van der Waals surface area contributed by atoms with Crippen molar-refractivity contribution in [1.82, 2.24) is 10.2 Å². The van der Waals surface area contributed by atoms with Gasteiger partial charge in [-0.05, 0) is 53.6 Å². The molecule has 0 bridgehead atoms. The summed E-state index contributed by atoms with van der Waals surface area (Å²) in [6.07, 6.45) is 2.00. The number of rotatable bonds is 9. The first-order valence-corrected chi connectivity index (χ1v) is 12.1. The third kappa shape index (κ3) is 6.21. The van der Waals surface area contributed by atoms with Crippen molar-refractivity contribution in [3.63, 3.8) is 0 Å². The van der Waals surface area contributed by atoms with E-state index < -0.39 is 18.2 Å². The summed E-state index contributed by atoms with van der Waals surface area (Å²) in [4.78, 5) is 27.3. The number of para-hydroxylation sites is 1. The molecule has 8 nitrogen and oxygen atoms in total. The molecule has 32 heavy (non-hydrogen) atoms. The molecule has 2 aliphatic rings. The summed E-state index contributed by atoms with van der Waals surface area (Å²) in [5, 5.41) is 23.0. The zero-order valence-corrected chi connectivity index (χ0v) is 20.4. The number of benzene rings is 1. The van der Waals surface area contributed by atoms with Crippen molar-refractivity contribution in [3.05, 3.63) is 39.5 Å². The lowest BCUT2D eigenvalue weighted by Gasteiger charge is -2.41. The second kappa shape index (κ2) is 12.0. The van der Waals surface area contributed by atoms with Gasteiger partial charge >= 0.3 is 0 Å². The number of aliphatic hydroxyl groups excluding tert-OH is 2. The third-order valence-electron chi connectivity index (χ3n) is 5.76. The highest BCUT2D eigenvalue weighted by Gasteiger charge is 2.41. The van der Waals surface area contributed by atoms with Crippen molar-refractivity contribution in [3.8, 4) is 5.75 Å². The Hall–Kier alpha value is -1.69. The van der Waals surface area contributed by atoms with Crippen molar-refractivity contribution >= 4 is 34.4 Å². The lowest BCUT2D eigenvalue weighted by atomic mass is 9.87. The number of nitrogens with one attached hydrogen (secondary N) is 1. The van der Waals surface area contributed by atoms with Gasteiger partial charge < -0.3 is 29.9 Å². The normalized spacial score (nSPS) is 25.2. The van der Waals surface area contributed by atoms with E-state index >= 15 is 0 Å². The number of halogens is 1. The molecule has 4 atom stereocenters. The predicted octanol–water partition coefficient (Wildman–Crippen LogP) is 1.62. The molecule has 0 saturated carbocycles. The molecule has 3 rings (SSSR count). The summed E-state index contributed by atoms with van der Waals surface area (Å²) >= 11 is 2.15. The standard InChI is InChI=1S/C23H31IN2O6/c1-2-21(28)26(14-16-6-5-11-31-16)18-12-15(23(30)25-9-10-27)13-20(22(18)29)32-19-8-4-3-7-17(19)24/h3-4,7-8,13,16,18,20,22,27,29H,2,5-6,9-12,14H2,1H3,(H,25,30)/t16-,18-,20+,22+/m1/s1. The van der Waals surface area contributed by atoms with Crippen molar-refractivity contribution < 1.29 is 29.3 Å². The maximum atomic E-state index is 12.9. The second-order valence-corrected chi connectivity index (χ2v) is 9.14. The summed E-state index contributed by atoms with van der Waals surface area (Å²) in [5.74, 6) is 0.152. The molecule has 176 valence electrons. The molecule has 1 aliphatic heterocycles. The highest BCUT2D eigenvalue weighted by atomic mass is 127. The highest BCUT2D eigenvalue weighted by Crippen LogP contribution is 2.30. The molecule has 9 heteroatoms. The molecule has 1 aliphatic carbocycles. The molecule has 0 spiro atoms. The van der Waals surface area contributed by atoms with Gasteiger partial charge in [-0.1, -0.05) is 19.1 Å². The number of hydrogen-bond acceptors (Lipinski definition) is 6. The Morgan fingerprint density at radius 3 is 2.78 bits per heavy atom. The van der Waals surface area contributed by atoms with Gasteiger partial charge in [-0.25, -0.2) is 0 Å². The van der Waals surface area contributed by atoms with Gasteiger partial charge in [0.1, 0.15) is 18.0 Å². The third-order valence-corrected chi connectivity index (χ3v) is 6.65. The first-order chi connectivity index (χ1) is 15.4. The van der Waals surface area contributed by atoms with Gasteiger partial charge in [0.25, 0.3) is 0 Å². The Morgan fingerprint density at radius 1 is 1.34 bits per heavy atom. The molecule has 1 aromatic rings. The maximum Gasteiger partial charge on any atom is 0.247 e. The van der Waals surface area contributed by atoms with E-state index in [1.54, 1.807) is 24.0 Å². The molecular weight excluding hydrogens is 527 g/mol. The van der Waals surface area contributed by atoms with E-state index in [0.717, 1.165) is 16.4 Å². The van der Waals surface area contributed by atoms with Crippen molar-refractivity contribution in [2.24, 2.45) is 0 Å². The molecule has 0 radical (unpaired) electrons. The molecule has 1 saturated heterocycles. The number of amides is 2. The summed E-state index contributed by atoms with van der Waals surface area (Å²) in [7, 11) is 0. The number of aliphatic hydroxyl groups is 2. The largest absolute Gasteiger partial charge is 0.482 e. The first-order valence-electron chi connectivity index (χ1n) is 11.0. The topological polar surface area (TPSA) is 108 Å². The second-order valence-electron chi connectivity index (χ2n) is 7.98. The summed E-state index contributed by atoms with van der Waals surface area (Å²) < 4.78 is 12.7. The monoisotopic (exact) mass is 558 g/mol. The Morgan fingerprint density at radius 2 is 2.12 bits per heavy atom. The smallest absolute Gasteiger partial charge is 0.247 e. The van der Waals surface area contributed by atoms with Crippen LogP contribution in [-0.4, -0.2) is 77.6 Å². The van der Waals surface area contributed by atoms with Gasteiger partial charge in [-0.3, -0.25) is 9.59 Å². The van der Waals surface area contributed by atoms with Crippen molar-refractivity contribution in [1.29, 1.82) is 0 Å². The van der Waals surface area contributed by atoms with Crippen LogP contribution in [0.15, 0.2) is 35.9 Å². The molecule has 0 aromatic heterocycles. The van der Waals surface area contributed by atoms with E-state index in [1.807, 2.05) is 18.2 Å². The lowest BCUT2D eigenvalue weighted by Crippen LogP contribution is -2.56. The fourth-order valence-corrected chi connectivity index (χ4v) is 4.61. The molecule has 0 unspecified atom stereocenters. The van der Waals surface area contributed by atoms with Crippen LogP contribution in [0.1, 0.15) is 32.6 Å². The van der Waals surface area contributed by atoms with Gasteiger partial charge in [0.05, 0.1) is 22.3 Å². The van der Waals surface area contributed by atoms with Crippen LogP contribution in [0.25, 0.3) is 0 Å². The maximum absolute atomic E-state index is 12.9. The van der Waals surface area contributed by atoms with E-state index in [-0.39, 0.29) is 43.9 Å². The van der Waals surface area contributed by atoms with Crippen molar-refractivity contribution in [2.75, 3.05) is 26.3 Å². The van der Waals surface area contributed by atoms with Gasteiger partial charge in [0.15, 0.2) is 0 Å². The van der Waals surface area contributed by atoms with Crippen LogP contribution in [0.4, 0.5) is 0 Å². The zero-order valence-electron chi connectivity index (χ0n) is 18.2. The number of hydrogen-bond donors (Lipinski definition) is 3. The minimum atomic E-state index is -1.02. The predicted molar refractivity (Wildman–Crippen MR) is 127 cm³/mol. The van der Waals surface area contributed by atoms with Gasteiger partial charge in [0.2, 0.25) is 11.8 Å². The van der Waals surface area contributed by atoms with Crippen LogP contribution in [0, 0.1) is 3.57 Å². The van der Waals surface area contributed by atoms with E-state index in [2.05, 4.69) is 27.9 Å². The van der Waals surface area contributed by atoms with Crippen LogP contribution >= 0.6 is 22.6 Å². The Balaban J connectivity index is 1.89. The van der Waals surface area contributed by atoms with E-state index in [4.69, 9.17) is 14.6 Å².